The van der Waals surface area contributed by atoms with E-state index in [1.54, 1.807) is 6.08 Å². The molecule has 0 radical (unpaired) electrons. The van der Waals surface area contributed by atoms with Crippen molar-refractivity contribution in [1.29, 1.82) is 0 Å². The fraction of sp³-hybridized carbons (Fsp3) is 0.400. The monoisotopic (exact) mass is 456 g/mol. The maximum atomic E-state index is 12.9. The van der Waals surface area contributed by atoms with E-state index < -0.39 is 0 Å². The van der Waals surface area contributed by atoms with Gasteiger partial charge in [0.05, 0.1) is 12.5 Å². The molecule has 4 heteroatoms. The second-order valence-corrected chi connectivity index (χ2v) is 10.1. The molecule has 4 nitrogen and oxygen atoms in total. The highest BCUT2D eigenvalue weighted by Crippen LogP contribution is 2.60. The Kier molecular flexibility index (Phi) is 6.40. The molecular formula is C30H32O4. The van der Waals surface area contributed by atoms with Crippen molar-refractivity contribution in [3.05, 3.63) is 90.1 Å². The normalized spacial score (nSPS) is 30.8. The predicted molar refractivity (Wildman–Crippen MR) is 132 cm³/mol. The van der Waals surface area contributed by atoms with Gasteiger partial charge in [0.1, 0.15) is 6.61 Å². The molecule has 6 unspecified atom stereocenters. The van der Waals surface area contributed by atoms with Crippen LogP contribution in [0.25, 0.3) is 6.08 Å². The van der Waals surface area contributed by atoms with E-state index in [1.807, 2.05) is 36.4 Å². The van der Waals surface area contributed by atoms with E-state index >= 15 is 0 Å². The highest BCUT2D eigenvalue weighted by atomic mass is 16.5. The third kappa shape index (κ3) is 4.46. The Balaban J connectivity index is 1.12. The number of carbonyl (C=O) groups is 2. The first-order chi connectivity index (χ1) is 16.6. The van der Waals surface area contributed by atoms with Gasteiger partial charge in [0.25, 0.3) is 0 Å². The van der Waals surface area contributed by atoms with E-state index in [1.165, 1.54) is 0 Å². The van der Waals surface area contributed by atoms with Gasteiger partial charge in [0.15, 0.2) is 0 Å². The number of esters is 2. The molecule has 2 fully saturated rings. The second-order valence-electron chi connectivity index (χ2n) is 10.1. The highest BCUT2D eigenvalue weighted by molar-refractivity contribution is 5.89. The van der Waals surface area contributed by atoms with Crippen molar-refractivity contribution in [2.45, 2.75) is 32.3 Å². The van der Waals surface area contributed by atoms with Crippen LogP contribution in [0.5, 0.6) is 0 Å². The van der Waals surface area contributed by atoms with Crippen molar-refractivity contribution in [2.24, 2.45) is 35.5 Å². The maximum Gasteiger partial charge on any atom is 0.334 e. The number of hydrogen-bond acceptors (Lipinski definition) is 4. The number of benzene rings is 1. The average molecular weight is 457 g/mol. The Morgan fingerprint density at radius 2 is 1.85 bits per heavy atom. The van der Waals surface area contributed by atoms with Gasteiger partial charge >= 0.3 is 11.9 Å². The molecule has 176 valence electrons. The number of ether oxygens (including phenoxy) is 2. The smallest absolute Gasteiger partial charge is 0.334 e. The SMILES string of the molecule is C=CC1=CCC(COC(=O)C2CC3CC2C2CC(C(=O)OCc4ccc(C=C)cc4)=CC32)C=C1. The average Bonchev–Trinajstić information content (AvgIpc) is 3.59. The van der Waals surface area contributed by atoms with Crippen molar-refractivity contribution >= 4 is 18.0 Å². The van der Waals surface area contributed by atoms with Gasteiger partial charge in [-0.05, 0) is 66.1 Å². The highest BCUT2D eigenvalue weighted by Gasteiger charge is 2.56. The van der Waals surface area contributed by atoms with Gasteiger partial charge in [-0.2, -0.15) is 0 Å². The van der Waals surface area contributed by atoms with Crippen LogP contribution in [0.3, 0.4) is 0 Å². The van der Waals surface area contributed by atoms with Gasteiger partial charge in [0, 0.05) is 11.5 Å². The quantitative estimate of drug-likeness (QED) is 0.462. The van der Waals surface area contributed by atoms with Gasteiger partial charge in [-0.1, -0.05) is 73.9 Å². The molecule has 1 aromatic carbocycles. The van der Waals surface area contributed by atoms with E-state index in [9.17, 15) is 9.59 Å². The summed E-state index contributed by atoms with van der Waals surface area (Å²) in [5.41, 5.74) is 3.90. The van der Waals surface area contributed by atoms with Crippen LogP contribution in [-0.4, -0.2) is 18.5 Å². The molecule has 0 saturated heterocycles. The molecule has 0 spiro atoms. The van der Waals surface area contributed by atoms with Gasteiger partial charge in [-0.3, -0.25) is 4.79 Å². The molecule has 0 N–H and O–H groups in total. The lowest BCUT2D eigenvalue weighted by Crippen LogP contribution is -2.32. The molecule has 0 amide bonds. The Morgan fingerprint density at radius 3 is 2.56 bits per heavy atom. The summed E-state index contributed by atoms with van der Waals surface area (Å²) in [5, 5.41) is 0. The Labute approximate surface area is 201 Å². The molecule has 34 heavy (non-hydrogen) atoms. The molecule has 2 bridgehead atoms. The van der Waals surface area contributed by atoms with Gasteiger partial charge < -0.3 is 9.47 Å². The molecule has 0 heterocycles. The largest absolute Gasteiger partial charge is 0.465 e. The molecule has 5 rings (SSSR count). The fourth-order valence-corrected chi connectivity index (χ4v) is 6.30. The minimum atomic E-state index is -0.225. The Morgan fingerprint density at radius 1 is 1.03 bits per heavy atom. The number of fused-ring (bicyclic) bond motifs is 5. The van der Waals surface area contributed by atoms with Crippen molar-refractivity contribution in [2.75, 3.05) is 6.61 Å². The summed E-state index contributed by atoms with van der Waals surface area (Å²) in [6.45, 7) is 8.24. The van der Waals surface area contributed by atoms with Crippen LogP contribution in [0.4, 0.5) is 0 Å². The van der Waals surface area contributed by atoms with Gasteiger partial charge in [-0.25, -0.2) is 4.79 Å². The minimum Gasteiger partial charge on any atom is -0.465 e. The molecule has 1 aromatic rings. The molecule has 2 saturated carbocycles. The summed E-state index contributed by atoms with van der Waals surface area (Å²) >= 11 is 0. The zero-order chi connectivity index (χ0) is 23.7. The van der Waals surface area contributed by atoms with Crippen LogP contribution in [0.2, 0.25) is 0 Å². The first kappa shape index (κ1) is 22.6. The van der Waals surface area contributed by atoms with Crippen LogP contribution in [0, 0.1) is 35.5 Å². The van der Waals surface area contributed by atoms with Crippen LogP contribution < -0.4 is 0 Å². The summed E-state index contributed by atoms with van der Waals surface area (Å²) < 4.78 is 11.3. The van der Waals surface area contributed by atoms with Gasteiger partial charge in [-0.15, -0.1) is 0 Å². The number of carbonyl (C=O) groups excluding carboxylic acids is 2. The van der Waals surface area contributed by atoms with Gasteiger partial charge in [0.2, 0.25) is 0 Å². The van der Waals surface area contributed by atoms with Crippen molar-refractivity contribution < 1.29 is 19.1 Å². The summed E-state index contributed by atoms with van der Waals surface area (Å²) in [6.07, 6.45) is 15.6. The number of allylic oxidation sites excluding steroid dienone is 5. The van der Waals surface area contributed by atoms with E-state index in [0.717, 1.165) is 41.5 Å². The Bertz CT molecular complexity index is 1070. The summed E-state index contributed by atoms with van der Waals surface area (Å²) in [6, 6.07) is 7.84. The van der Waals surface area contributed by atoms with E-state index in [4.69, 9.17) is 9.47 Å². The summed E-state index contributed by atoms with van der Waals surface area (Å²) in [5.74, 6) is 1.45. The zero-order valence-corrected chi connectivity index (χ0v) is 19.5. The van der Waals surface area contributed by atoms with Crippen molar-refractivity contribution in [3.63, 3.8) is 0 Å². The predicted octanol–water partition coefficient (Wildman–Crippen LogP) is 5.82. The lowest BCUT2D eigenvalue weighted by atomic mass is 9.75. The molecule has 4 aliphatic rings. The molecule has 6 atom stereocenters. The van der Waals surface area contributed by atoms with Crippen molar-refractivity contribution in [3.8, 4) is 0 Å². The lowest BCUT2D eigenvalue weighted by Gasteiger charge is -2.30. The second kappa shape index (κ2) is 9.61. The molecular weight excluding hydrogens is 424 g/mol. The Hall–Kier alpha value is -3.14. The molecule has 4 aliphatic carbocycles. The molecule has 0 aliphatic heterocycles. The van der Waals surface area contributed by atoms with Crippen LogP contribution in [0.15, 0.2) is 78.9 Å². The van der Waals surface area contributed by atoms with Crippen molar-refractivity contribution in [1.82, 2.24) is 0 Å². The van der Waals surface area contributed by atoms with E-state index in [2.05, 4.69) is 31.4 Å². The lowest BCUT2D eigenvalue weighted by molar-refractivity contribution is -0.152. The standard InChI is InChI=1S/C30H32O4/c1-3-19-5-9-21(10-6-19)17-33-29(31)24-15-25-23-13-27(26(25)16-24)28(14-23)30(32)34-18-22-11-7-20(4-2)8-12-22/h3-11,15,22-23,25-28H,1-2,12-14,16-18H2. The zero-order valence-electron chi connectivity index (χ0n) is 19.5. The summed E-state index contributed by atoms with van der Waals surface area (Å²) in [7, 11) is 0. The molecule has 0 aromatic heterocycles. The fourth-order valence-electron chi connectivity index (χ4n) is 6.30. The van der Waals surface area contributed by atoms with E-state index in [-0.39, 0.29) is 30.4 Å². The first-order valence-electron chi connectivity index (χ1n) is 12.3. The third-order valence-corrected chi connectivity index (χ3v) is 8.13. The first-order valence-corrected chi connectivity index (χ1v) is 12.3. The maximum absolute atomic E-state index is 12.9. The van der Waals surface area contributed by atoms with Crippen LogP contribution >= 0.6 is 0 Å². The van der Waals surface area contributed by atoms with Crippen LogP contribution in [-0.2, 0) is 25.7 Å². The third-order valence-electron chi connectivity index (χ3n) is 8.13. The minimum absolute atomic E-state index is 0.0368. The summed E-state index contributed by atoms with van der Waals surface area (Å²) in [4.78, 5) is 25.6. The van der Waals surface area contributed by atoms with E-state index in [0.29, 0.717) is 36.7 Å². The topological polar surface area (TPSA) is 52.6 Å². The number of hydrogen-bond donors (Lipinski definition) is 0. The number of rotatable bonds is 8. The van der Waals surface area contributed by atoms with Crippen LogP contribution in [0.1, 0.15) is 36.8 Å².